The first kappa shape index (κ1) is 17.1. The predicted octanol–water partition coefficient (Wildman–Crippen LogP) is 4.04. The highest BCUT2D eigenvalue weighted by Crippen LogP contribution is 2.33. The second-order valence-electron chi connectivity index (χ2n) is 6.46. The van der Waals surface area contributed by atoms with Crippen LogP contribution in [0, 0.1) is 0 Å². The van der Waals surface area contributed by atoms with E-state index in [1.165, 1.54) is 5.56 Å². The molecule has 0 radical (unpaired) electrons. The third kappa shape index (κ3) is 3.09. The van der Waals surface area contributed by atoms with E-state index in [-0.39, 0.29) is 6.04 Å². The quantitative estimate of drug-likeness (QED) is 0.681. The van der Waals surface area contributed by atoms with Gasteiger partial charge in [-0.05, 0) is 49.2 Å². The highest BCUT2D eigenvalue weighted by Gasteiger charge is 2.27. The van der Waals surface area contributed by atoms with Gasteiger partial charge in [-0.2, -0.15) is 5.10 Å². The standard InChI is InChI=1S/C20H20ClN3O2/c1-26-17-9-7-16(8-10-17)24-19-12-15(23-25)6-11-18(19)20(22-24)13-2-4-14(21)5-3-13/h2-5,7-10,15,23,25H,6,11-12H2,1H3. The van der Waals surface area contributed by atoms with Crippen LogP contribution < -0.4 is 10.2 Å². The van der Waals surface area contributed by atoms with Crippen molar-refractivity contribution in [3.05, 3.63) is 64.8 Å². The Morgan fingerprint density at radius 2 is 1.88 bits per heavy atom. The van der Waals surface area contributed by atoms with Crippen LogP contribution in [0.3, 0.4) is 0 Å². The summed E-state index contributed by atoms with van der Waals surface area (Å²) in [5.41, 5.74) is 7.77. The van der Waals surface area contributed by atoms with Gasteiger partial charge in [0.15, 0.2) is 0 Å². The molecule has 26 heavy (non-hydrogen) atoms. The number of hydrogen-bond acceptors (Lipinski definition) is 4. The normalized spacial score (nSPS) is 16.3. The number of ether oxygens (including phenoxy) is 1. The molecule has 0 fully saturated rings. The molecule has 0 amide bonds. The number of hydroxylamine groups is 1. The van der Waals surface area contributed by atoms with Gasteiger partial charge in [0.05, 0.1) is 18.5 Å². The third-order valence-corrected chi connectivity index (χ3v) is 5.14. The average molecular weight is 370 g/mol. The first-order chi connectivity index (χ1) is 12.7. The zero-order chi connectivity index (χ0) is 18.1. The summed E-state index contributed by atoms with van der Waals surface area (Å²) in [6.45, 7) is 0. The Bertz CT molecular complexity index is 904. The molecule has 0 spiro atoms. The number of hydrogen-bond donors (Lipinski definition) is 2. The van der Waals surface area contributed by atoms with Gasteiger partial charge in [0.25, 0.3) is 0 Å². The Morgan fingerprint density at radius 1 is 1.15 bits per heavy atom. The summed E-state index contributed by atoms with van der Waals surface area (Å²) in [4.78, 5) is 0. The Morgan fingerprint density at radius 3 is 2.54 bits per heavy atom. The summed E-state index contributed by atoms with van der Waals surface area (Å²) < 4.78 is 7.23. The van der Waals surface area contributed by atoms with Crippen LogP contribution in [0.25, 0.3) is 16.9 Å². The zero-order valence-electron chi connectivity index (χ0n) is 14.4. The van der Waals surface area contributed by atoms with Gasteiger partial charge in [0.2, 0.25) is 0 Å². The first-order valence-electron chi connectivity index (χ1n) is 8.60. The number of benzene rings is 2. The molecule has 1 heterocycles. The predicted molar refractivity (Wildman–Crippen MR) is 101 cm³/mol. The smallest absolute Gasteiger partial charge is 0.119 e. The van der Waals surface area contributed by atoms with Crippen LogP contribution in [0.2, 0.25) is 5.02 Å². The summed E-state index contributed by atoms with van der Waals surface area (Å²) in [7, 11) is 1.65. The molecule has 1 atom stereocenters. The van der Waals surface area contributed by atoms with Gasteiger partial charge in [0.1, 0.15) is 5.75 Å². The molecular formula is C20H20ClN3O2. The summed E-state index contributed by atoms with van der Waals surface area (Å²) in [5, 5.41) is 15.0. The minimum atomic E-state index is 0.0364. The van der Waals surface area contributed by atoms with Crippen LogP contribution in [0.5, 0.6) is 5.75 Å². The fourth-order valence-corrected chi connectivity index (χ4v) is 3.62. The number of halogens is 1. The van der Waals surface area contributed by atoms with E-state index in [0.717, 1.165) is 47.7 Å². The lowest BCUT2D eigenvalue weighted by molar-refractivity contribution is 0.118. The molecule has 4 rings (SSSR count). The van der Waals surface area contributed by atoms with E-state index in [9.17, 15) is 5.21 Å². The minimum absolute atomic E-state index is 0.0364. The lowest BCUT2D eigenvalue weighted by Crippen LogP contribution is -2.32. The molecule has 0 aliphatic heterocycles. The summed E-state index contributed by atoms with van der Waals surface area (Å²) in [6.07, 6.45) is 2.46. The van der Waals surface area contributed by atoms with Gasteiger partial charge < -0.3 is 9.94 Å². The van der Waals surface area contributed by atoms with Crippen molar-refractivity contribution in [3.63, 3.8) is 0 Å². The van der Waals surface area contributed by atoms with Gasteiger partial charge in [0, 0.05) is 34.3 Å². The van der Waals surface area contributed by atoms with Gasteiger partial charge in [-0.3, -0.25) is 0 Å². The molecular weight excluding hydrogens is 350 g/mol. The fourth-order valence-electron chi connectivity index (χ4n) is 3.50. The molecule has 6 heteroatoms. The average Bonchev–Trinajstić information content (AvgIpc) is 3.07. The topological polar surface area (TPSA) is 59.3 Å². The lowest BCUT2D eigenvalue weighted by Gasteiger charge is -2.22. The van der Waals surface area contributed by atoms with Crippen molar-refractivity contribution in [2.75, 3.05) is 7.11 Å². The Hall–Kier alpha value is -2.34. The van der Waals surface area contributed by atoms with E-state index >= 15 is 0 Å². The maximum absolute atomic E-state index is 9.39. The molecule has 5 nitrogen and oxygen atoms in total. The molecule has 0 saturated carbocycles. The number of nitrogens with one attached hydrogen (secondary N) is 1. The second-order valence-corrected chi connectivity index (χ2v) is 6.90. The van der Waals surface area contributed by atoms with E-state index in [0.29, 0.717) is 5.02 Å². The largest absolute Gasteiger partial charge is 0.497 e. The summed E-state index contributed by atoms with van der Waals surface area (Å²) in [5.74, 6) is 0.808. The molecule has 1 unspecified atom stereocenters. The highest BCUT2D eigenvalue weighted by molar-refractivity contribution is 6.30. The SMILES string of the molecule is COc1ccc(-n2nc(-c3ccc(Cl)cc3)c3c2CC(NO)CC3)cc1. The van der Waals surface area contributed by atoms with Gasteiger partial charge in [-0.25, -0.2) is 10.2 Å². The minimum Gasteiger partial charge on any atom is -0.497 e. The number of aromatic nitrogens is 2. The van der Waals surface area contributed by atoms with Crippen molar-refractivity contribution < 1.29 is 9.94 Å². The third-order valence-electron chi connectivity index (χ3n) is 4.89. The van der Waals surface area contributed by atoms with Crippen molar-refractivity contribution in [3.8, 4) is 22.7 Å². The fraction of sp³-hybridized carbons (Fsp3) is 0.250. The Balaban J connectivity index is 1.83. The van der Waals surface area contributed by atoms with Crippen LogP contribution in [0.4, 0.5) is 0 Å². The van der Waals surface area contributed by atoms with E-state index < -0.39 is 0 Å². The van der Waals surface area contributed by atoms with E-state index in [1.54, 1.807) is 7.11 Å². The van der Waals surface area contributed by atoms with Crippen LogP contribution in [0.1, 0.15) is 17.7 Å². The maximum atomic E-state index is 9.39. The Kier molecular flexibility index (Phi) is 4.68. The number of fused-ring (bicyclic) bond motifs is 1. The van der Waals surface area contributed by atoms with E-state index in [1.807, 2.05) is 53.2 Å². The maximum Gasteiger partial charge on any atom is 0.119 e. The molecule has 3 aromatic rings. The van der Waals surface area contributed by atoms with Crippen LogP contribution in [-0.4, -0.2) is 28.1 Å². The van der Waals surface area contributed by atoms with Crippen molar-refractivity contribution in [1.29, 1.82) is 0 Å². The lowest BCUT2D eigenvalue weighted by atomic mass is 9.90. The molecule has 2 N–H and O–H groups in total. The highest BCUT2D eigenvalue weighted by atomic mass is 35.5. The molecule has 0 saturated heterocycles. The Labute approximate surface area is 157 Å². The second kappa shape index (κ2) is 7.11. The van der Waals surface area contributed by atoms with E-state index in [4.69, 9.17) is 21.4 Å². The monoisotopic (exact) mass is 369 g/mol. The molecule has 2 aromatic carbocycles. The van der Waals surface area contributed by atoms with Crippen LogP contribution in [0.15, 0.2) is 48.5 Å². The van der Waals surface area contributed by atoms with Crippen molar-refractivity contribution in [1.82, 2.24) is 15.3 Å². The first-order valence-corrected chi connectivity index (χ1v) is 8.98. The molecule has 134 valence electrons. The van der Waals surface area contributed by atoms with Crippen LogP contribution in [-0.2, 0) is 12.8 Å². The zero-order valence-corrected chi connectivity index (χ0v) is 15.2. The molecule has 1 aliphatic rings. The van der Waals surface area contributed by atoms with Gasteiger partial charge in [-0.15, -0.1) is 0 Å². The van der Waals surface area contributed by atoms with Gasteiger partial charge in [-0.1, -0.05) is 23.7 Å². The van der Waals surface area contributed by atoms with Crippen molar-refractivity contribution >= 4 is 11.6 Å². The van der Waals surface area contributed by atoms with Crippen molar-refractivity contribution in [2.24, 2.45) is 0 Å². The molecule has 0 bridgehead atoms. The summed E-state index contributed by atoms with van der Waals surface area (Å²) >= 11 is 6.04. The molecule has 1 aromatic heterocycles. The van der Waals surface area contributed by atoms with Crippen molar-refractivity contribution in [2.45, 2.75) is 25.3 Å². The van der Waals surface area contributed by atoms with Crippen LogP contribution >= 0.6 is 11.6 Å². The number of nitrogens with zero attached hydrogens (tertiary/aromatic N) is 2. The van der Waals surface area contributed by atoms with Gasteiger partial charge >= 0.3 is 0 Å². The number of rotatable bonds is 4. The van der Waals surface area contributed by atoms with E-state index in [2.05, 4.69) is 5.48 Å². The summed E-state index contributed by atoms with van der Waals surface area (Å²) in [6, 6.07) is 15.6. The molecule has 1 aliphatic carbocycles. The number of methoxy groups -OCH3 is 1.